The molecule has 0 spiro atoms. The third-order valence-corrected chi connectivity index (χ3v) is 3.24. The fourth-order valence-corrected chi connectivity index (χ4v) is 1.79. The van der Waals surface area contributed by atoms with Crippen molar-refractivity contribution in [1.29, 1.82) is 0 Å². The second kappa shape index (κ2) is 4.98. The molecule has 4 nitrogen and oxygen atoms in total. The van der Waals surface area contributed by atoms with E-state index in [2.05, 4.69) is 6.92 Å². The van der Waals surface area contributed by atoms with E-state index in [1.807, 2.05) is 12.1 Å². The summed E-state index contributed by atoms with van der Waals surface area (Å²) in [7, 11) is 0. The Hall–Kier alpha value is -1.55. The third kappa shape index (κ3) is 2.82. The number of hydrogen-bond donors (Lipinski definition) is 1. The van der Waals surface area contributed by atoms with Crippen LogP contribution in [0.15, 0.2) is 24.3 Å². The first-order valence-corrected chi connectivity index (χ1v) is 6.03. The lowest BCUT2D eigenvalue weighted by Gasteiger charge is -2.37. The lowest BCUT2D eigenvalue weighted by Crippen LogP contribution is -2.44. The van der Waals surface area contributed by atoms with E-state index in [1.165, 1.54) is 0 Å². The minimum absolute atomic E-state index is 0.118. The first-order valence-electron chi connectivity index (χ1n) is 6.03. The van der Waals surface area contributed by atoms with Gasteiger partial charge in [-0.05, 0) is 24.6 Å². The number of aliphatic carboxylic acids is 1. The molecule has 1 unspecified atom stereocenters. The standard InChI is InChI=1S/C14H18O4/c1-10(13(15)16)11-3-5-12(6-4-11)18-9-14(2)7-17-8-14/h3-6,10H,7-9H2,1-2H3,(H,15,16). The van der Waals surface area contributed by atoms with Gasteiger partial charge in [-0.1, -0.05) is 19.1 Å². The minimum atomic E-state index is -0.817. The normalized spacial score (nSPS) is 18.8. The van der Waals surface area contributed by atoms with E-state index >= 15 is 0 Å². The molecule has 1 N–H and O–H groups in total. The molecule has 1 saturated heterocycles. The van der Waals surface area contributed by atoms with E-state index < -0.39 is 11.9 Å². The van der Waals surface area contributed by atoms with Gasteiger partial charge in [-0.3, -0.25) is 4.79 Å². The van der Waals surface area contributed by atoms with Gasteiger partial charge in [0, 0.05) is 5.41 Å². The second-order valence-corrected chi connectivity index (χ2v) is 5.22. The molecule has 1 aliphatic heterocycles. The van der Waals surface area contributed by atoms with E-state index in [9.17, 15) is 4.79 Å². The second-order valence-electron chi connectivity index (χ2n) is 5.22. The average molecular weight is 250 g/mol. The van der Waals surface area contributed by atoms with E-state index in [0.717, 1.165) is 24.5 Å². The summed E-state index contributed by atoms with van der Waals surface area (Å²) in [6.45, 7) is 5.89. The van der Waals surface area contributed by atoms with Crippen molar-refractivity contribution in [3.05, 3.63) is 29.8 Å². The molecular formula is C14H18O4. The highest BCUT2D eigenvalue weighted by atomic mass is 16.5. The molecule has 0 bridgehead atoms. The Morgan fingerprint density at radius 2 is 2.06 bits per heavy atom. The van der Waals surface area contributed by atoms with Gasteiger partial charge in [-0.2, -0.15) is 0 Å². The summed E-state index contributed by atoms with van der Waals surface area (Å²) < 4.78 is 10.8. The first kappa shape index (κ1) is 12.9. The largest absolute Gasteiger partial charge is 0.493 e. The molecule has 1 aromatic rings. The third-order valence-electron chi connectivity index (χ3n) is 3.24. The van der Waals surface area contributed by atoms with Crippen LogP contribution < -0.4 is 4.74 Å². The first-order chi connectivity index (χ1) is 8.50. The zero-order valence-corrected chi connectivity index (χ0v) is 10.7. The number of benzene rings is 1. The van der Waals surface area contributed by atoms with Crippen molar-refractivity contribution in [2.75, 3.05) is 19.8 Å². The average Bonchev–Trinajstić information content (AvgIpc) is 2.33. The fraction of sp³-hybridized carbons (Fsp3) is 0.500. The molecule has 1 heterocycles. The molecule has 98 valence electrons. The van der Waals surface area contributed by atoms with Crippen LogP contribution in [0.3, 0.4) is 0 Å². The minimum Gasteiger partial charge on any atom is -0.493 e. The molecule has 0 radical (unpaired) electrons. The maximum Gasteiger partial charge on any atom is 0.310 e. The summed E-state index contributed by atoms with van der Waals surface area (Å²) in [6.07, 6.45) is 0. The predicted octanol–water partition coefficient (Wildman–Crippen LogP) is 2.29. The van der Waals surface area contributed by atoms with Crippen molar-refractivity contribution < 1.29 is 19.4 Å². The van der Waals surface area contributed by atoms with Crippen LogP contribution in [0.25, 0.3) is 0 Å². The SMILES string of the molecule is CC(C(=O)O)c1ccc(OCC2(C)COC2)cc1. The number of ether oxygens (including phenoxy) is 2. The summed E-state index contributed by atoms with van der Waals surface area (Å²) in [5.74, 6) is -0.538. The van der Waals surface area contributed by atoms with Crippen molar-refractivity contribution in [3.8, 4) is 5.75 Å². The summed E-state index contributed by atoms with van der Waals surface area (Å²) >= 11 is 0. The molecule has 0 aromatic heterocycles. The topological polar surface area (TPSA) is 55.8 Å². The molecule has 0 aliphatic carbocycles. The van der Waals surface area contributed by atoms with Crippen molar-refractivity contribution in [2.45, 2.75) is 19.8 Å². The van der Waals surface area contributed by atoms with Crippen molar-refractivity contribution >= 4 is 5.97 Å². The van der Waals surface area contributed by atoms with Crippen LogP contribution in [-0.4, -0.2) is 30.9 Å². The van der Waals surface area contributed by atoms with E-state index in [0.29, 0.717) is 6.61 Å². The van der Waals surface area contributed by atoms with Gasteiger partial charge in [0.1, 0.15) is 5.75 Å². The van der Waals surface area contributed by atoms with Gasteiger partial charge in [-0.25, -0.2) is 0 Å². The van der Waals surface area contributed by atoms with Crippen molar-refractivity contribution in [1.82, 2.24) is 0 Å². The maximum atomic E-state index is 10.8. The molecule has 1 aromatic carbocycles. The van der Waals surface area contributed by atoms with E-state index in [4.69, 9.17) is 14.6 Å². The Morgan fingerprint density at radius 3 is 2.50 bits per heavy atom. The molecule has 2 rings (SSSR count). The summed E-state index contributed by atoms with van der Waals surface area (Å²) in [4.78, 5) is 10.8. The molecule has 4 heteroatoms. The van der Waals surface area contributed by atoms with Crippen LogP contribution >= 0.6 is 0 Å². The lowest BCUT2D eigenvalue weighted by molar-refractivity contribution is -0.138. The molecule has 18 heavy (non-hydrogen) atoms. The Kier molecular flexibility index (Phi) is 3.57. The number of rotatable bonds is 5. The lowest BCUT2D eigenvalue weighted by atomic mass is 9.90. The van der Waals surface area contributed by atoms with Crippen LogP contribution in [0.1, 0.15) is 25.3 Å². The Labute approximate surface area is 107 Å². The summed E-state index contributed by atoms with van der Waals surface area (Å²) in [6, 6.07) is 7.23. The number of carboxylic acids is 1. The zero-order valence-electron chi connectivity index (χ0n) is 10.7. The fourth-order valence-electron chi connectivity index (χ4n) is 1.79. The number of hydrogen-bond acceptors (Lipinski definition) is 3. The molecular weight excluding hydrogens is 232 g/mol. The van der Waals surface area contributed by atoms with Crippen molar-refractivity contribution in [3.63, 3.8) is 0 Å². The predicted molar refractivity (Wildman–Crippen MR) is 66.9 cm³/mol. The van der Waals surface area contributed by atoms with Gasteiger partial charge in [0.05, 0.1) is 25.7 Å². The van der Waals surface area contributed by atoms with Gasteiger partial charge in [0.25, 0.3) is 0 Å². The monoisotopic (exact) mass is 250 g/mol. The maximum absolute atomic E-state index is 10.8. The quantitative estimate of drug-likeness (QED) is 0.871. The van der Waals surface area contributed by atoms with Gasteiger partial charge in [0.15, 0.2) is 0 Å². The number of carbonyl (C=O) groups is 1. The molecule has 0 amide bonds. The van der Waals surface area contributed by atoms with Crippen LogP contribution in [0.2, 0.25) is 0 Å². The highest BCUT2D eigenvalue weighted by Crippen LogP contribution is 2.28. The van der Waals surface area contributed by atoms with Crippen LogP contribution in [0.5, 0.6) is 5.75 Å². The summed E-state index contributed by atoms with van der Waals surface area (Å²) in [5.41, 5.74) is 0.903. The summed E-state index contributed by atoms with van der Waals surface area (Å²) in [5, 5.41) is 8.91. The van der Waals surface area contributed by atoms with Crippen LogP contribution in [-0.2, 0) is 9.53 Å². The Morgan fingerprint density at radius 1 is 1.44 bits per heavy atom. The van der Waals surface area contributed by atoms with Gasteiger partial charge in [-0.15, -0.1) is 0 Å². The van der Waals surface area contributed by atoms with Gasteiger partial charge in [0.2, 0.25) is 0 Å². The van der Waals surface area contributed by atoms with E-state index in [1.54, 1.807) is 19.1 Å². The highest BCUT2D eigenvalue weighted by molar-refractivity contribution is 5.75. The van der Waals surface area contributed by atoms with Crippen molar-refractivity contribution in [2.24, 2.45) is 5.41 Å². The molecule has 1 atom stereocenters. The number of carboxylic acid groups (broad SMARTS) is 1. The van der Waals surface area contributed by atoms with Crippen LogP contribution in [0, 0.1) is 5.41 Å². The van der Waals surface area contributed by atoms with E-state index in [-0.39, 0.29) is 5.41 Å². The molecule has 1 fully saturated rings. The highest BCUT2D eigenvalue weighted by Gasteiger charge is 2.34. The van der Waals surface area contributed by atoms with Gasteiger partial charge >= 0.3 is 5.97 Å². The smallest absolute Gasteiger partial charge is 0.310 e. The molecule has 1 aliphatic rings. The Balaban J connectivity index is 1.93. The zero-order chi connectivity index (χ0) is 13.2. The molecule has 0 saturated carbocycles. The van der Waals surface area contributed by atoms with Crippen LogP contribution in [0.4, 0.5) is 0 Å². The van der Waals surface area contributed by atoms with Gasteiger partial charge < -0.3 is 14.6 Å². The Bertz CT molecular complexity index is 420.